The highest BCUT2D eigenvalue weighted by molar-refractivity contribution is 5.94. The first-order valence-corrected chi connectivity index (χ1v) is 9.81. The van der Waals surface area contributed by atoms with Gasteiger partial charge < -0.3 is 0 Å². The van der Waals surface area contributed by atoms with E-state index in [-0.39, 0.29) is 12.2 Å². The zero-order chi connectivity index (χ0) is 24.9. The van der Waals surface area contributed by atoms with Crippen LogP contribution < -0.4 is 4.57 Å². The molecule has 142 valence electrons. The molecule has 1 aromatic heterocycles. The van der Waals surface area contributed by atoms with Crippen LogP contribution in [0.4, 0.5) is 0 Å². The van der Waals surface area contributed by atoms with Crippen molar-refractivity contribution in [1.29, 1.82) is 0 Å². The van der Waals surface area contributed by atoms with Gasteiger partial charge in [0.1, 0.15) is 8.42 Å². The molecule has 0 saturated carbocycles. The molecule has 3 rings (SSSR count). The summed E-state index contributed by atoms with van der Waals surface area (Å²) in [5, 5.41) is 1.58. The Bertz CT molecular complexity index is 1210. The minimum absolute atomic E-state index is 0.103. The molecule has 1 nitrogen and oxygen atoms in total. The quantitative estimate of drug-likeness (QED) is 0.429. The summed E-state index contributed by atoms with van der Waals surface area (Å²) in [5.74, 6) is -1.37. The summed E-state index contributed by atoms with van der Waals surface area (Å²) in [5.41, 5.74) is 5.02. The minimum Gasteiger partial charge on any atom is -0.200 e. The first-order chi connectivity index (χ1) is 15.3. The van der Waals surface area contributed by atoms with E-state index in [4.69, 9.17) is 8.22 Å². The normalized spacial score (nSPS) is 17.6. The van der Waals surface area contributed by atoms with Crippen molar-refractivity contribution in [2.24, 2.45) is 7.05 Å². The summed E-state index contributed by atoms with van der Waals surface area (Å²) in [6.07, 6.45) is 2.12. The molecule has 1 heteroatoms. The third-order valence-corrected chi connectivity index (χ3v) is 5.80. The Kier molecular flexibility index (Phi) is 3.80. The van der Waals surface area contributed by atoms with Gasteiger partial charge in [-0.3, -0.25) is 0 Å². The van der Waals surface area contributed by atoms with Gasteiger partial charge in [-0.1, -0.05) is 45.8 Å². The average molecular weight is 367 g/mol. The Morgan fingerprint density at radius 3 is 2.52 bits per heavy atom. The maximum atomic E-state index is 8.65. The number of hydrogen-bond donors (Lipinski definition) is 0. The molecule has 0 fully saturated rings. The molecule has 0 N–H and O–H groups in total. The summed E-state index contributed by atoms with van der Waals surface area (Å²) < 4.78 is 51.3. The predicted molar refractivity (Wildman–Crippen MR) is 117 cm³/mol. The van der Waals surface area contributed by atoms with Gasteiger partial charge in [0.15, 0.2) is 6.17 Å². The van der Waals surface area contributed by atoms with Gasteiger partial charge in [-0.25, -0.2) is 4.57 Å². The van der Waals surface area contributed by atoms with Crippen LogP contribution in [0.1, 0.15) is 82.8 Å². The van der Waals surface area contributed by atoms with Crippen LogP contribution in [-0.4, -0.2) is 0 Å². The van der Waals surface area contributed by atoms with Gasteiger partial charge in [0.2, 0.25) is 5.69 Å². The molecular weight excluding hydrogens is 326 g/mol. The smallest absolute Gasteiger partial charge is 0.200 e. The maximum absolute atomic E-state index is 8.65. The van der Waals surface area contributed by atoms with Gasteiger partial charge in [0, 0.05) is 11.5 Å². The lowest BCUT2D eigenvalue weighted by Gasteiger charge is -2.16. The molecule has 1 atom stereocenters. The monoisotopic (exact) mass is 366 g/mol. The minimum atomic E-state index is -2.48. The maximum Gasteiger partial charge on any atom is 0.220 e. The molecule has 0 aliphatic heterocycles. The lowest BCUT2D eigenvalue weighted by atomic mass is 9.89. The van der Waals surface area contributed by atoms with Crippen LogP contribution in [0.3, 0.4) is 0 Å². The Balaban J connectivity index is 2.41. The van der Waals surface area contributed by atoms with Gasteiger partial charge in [-0.15, -0.1) is 0 Å². The van der Waals surface area contributed by atoms with Crippen molar-refractivity contribution >= 4 is 10.8 Å². The van der Waals surface area contributed by atoms with Crippen molar-refractivity contribution < 1.29 is 12.8 Å². The van der Waals surface area contributed by atoms with Crippen LogP contribution in [0.15, 0.2) is 42.5 Å². The molecule has 0 aliphatic rings. The van der Waals surface area contributed by atoms with Crippen LogP contribution in [0.2, 0.25) is 0 Å². The molecule has 27 heavy (non-hydrogen) atoms. The van der Waals surface area contributed by atoms with Crippen LogP contribution in [0.5, 0.6) is 0 Å². The van der Waals surface area contributed by atoms with Crippen LogP contribution >= 0.6 is 0 Å². The number of aryl methyl sites for hydroxylation is 1. The molecule has 1 unspecified atom stereocenters. The van der Waals surface area contributed by atoms with Crippen LogP contribution in [0.25, 0.3) is 22.0 Å². The van der Waals surface area contributed by atoms with E-state index >= 15 is 0 Å². The number of nitrogens with zero attached hydrogens (tertiary/aromatic N) is 1. The zero-order valence-electron chi connectivity index (χ0n) is 23.3. The Morgan fingerprint density at radius 1 is 1.11 bits per heavy atom. The van der Waals surface area contributed by atoms with Crippen molar-refractivity contribution in [2.45, 2.75) is 66.1 Å². The van der Waals surface area contributed by atoms with Gasteiger partial charge in [-0.05, 0) is 78.3 Å². The van der Waals surface area contributed by atoms with Gasteiger partial charge >= 0.3 is 0 Å². The highest BCUT2D eigenvalue weighted by Gasteiger charge is 2.20. The van der Waals surface area contributed by atoms with Crippen molar-refractivity contribution in [3.8, 4) is 11.3 Å². The number of aromatic nitrogens is 1. The van der Waals surface area contributed by atoms with Gasteiger partial charge in [0.25, 0.3) is 0 Å². The molecule has 0 spiro atoms. The summed E-state index contributed by atoms with van der Waals surface area (Å²) in [6, 6.07) is 9.93. The second kappa shape index (κ2) is 7.84. The Hall–Kier alpha value is -2.15. The molecule has 2 aromatic carbocycles. The number of benzene rings is 2. The Labute approximate surface area is 173 Å². The van der Waals surface area contributed by atoms with E-state index in [1.807, 2.05) is 26.0 Å². The molecule has 0 radical (unpaired) electrons. The summed E-state index contributed by atoms with van der Waals surface area (Å²) in [4.78, 5) is 0. The van der Waals surface area contributed by atoms with E-state index in [0.29, 0.717) is 11.5 Å². The highest BCUT2D eigenvalue weighted by atomic mass is 14.9. The van der Waals surface area contributed by atoms with Gasteiger partial charge in [0.05, 0.1) is 12.3 Å². The fourth-order valence-electron chi connectivity index (χ4n) is 3.91. The van der Waals surface area contributed by atoms with E-state index in [9.17, 15) is 0 Å². The topological polar surface area (TPSA) is 3.88 Å². The third kappa shape index (κ3) is 3.65. The second-order valence-corrected chi connectivity index (χ2v) is 7.55. The first kappa shape index (κ1) is 13.1. The third-order valence-electron chi connectivity index (χ3n) is 5.80. The Morgan fingerprint density at radius 2 is 1.85 bits per heavy atom. The van der Waals surface area contributed by atoms with Crippen LogP contribution in [0, 0.1) is 13.8 Å². The van der Waals surface area contributed by atoms with Crippen LogP contribution in [-0.2, 0) is 7.05 Å². The molecular formula is C26H34N+. The standard InChI is InChI=1S/C26H34N/c1-8-20(9-2)21-10-11-24-22(15-21)12-13-27(7)26(24)25-16-23(17(3)4)14-18(5)19(25)6/h10-17,20H,8-9H2,1-7H3/q+1/i3D3,12D,13D,17D. The number of fused-ring (bicyclic) bond motifs is 1. The van der Waals surface area contributed by atoms with Crippen molar-refractivity contribution in [1.82, 2.24) is 0 Å². The average Bonchev–Trinajstić information content (AvgIpc) is 2.75. The number of hydrogen-bond acceptors (Lipinski definition) is 0. The predicted octanol–water partition coefficient (Wildman–Crippen LogP) is 6.98. The van der Waals surface area contributed by atoms with E-state index in [0.717, 1.165) is 46.0 Å². The zero-order valence-corrected chi connectivity index (χ0v) is 17.3. The highest BCUT2D eigenvalue weighted by Crippen LogP contribution is 2.34. The molecule has 0 amide bonds. The van der Waals surface area contributed by atoms with E-state index in [1.54, 1.807) is 23.7 Å². The molecule has 1 heterocycles. The fourth-order valence-corrected chi connectivity index (χ4v) is 3.91. The molecule has 0 saturated heterocycles. The van der Waals surface area contributed by atoms with E-state index in [2.05, 4.69) is 19.9 Å². The number of rotatable bonds is 5. The second-order valence-electron chi connectivity index (χ2n) is 7.55. The number of pyridine rings is 1. The summed E-state index contributed by atoms with van der Waals surface area (Å²) in [6.45, 7) is 7.17. The molecule has 0 bridgehead atoms. The molecule has 0 aliphatic carbocycles. The SMILES string of the molecule is [2H]c1c([2H])[n+](C)c(-c2cc(C([2H])(C)C([2H])([2H])[2H])cc(C)c2C)c2ccc(C(CC)CC)cc12. The lowest BCUT2D eigenvalue weighted by Crippen LogP contribution is -2.31. The lowest BCUT2D eigenvalue weighted by molar-refractivity contribution is -0.659. The summed E-state index contributed by atoms with van der Waals surface area (Å²) in [7, 11) is 1.77. The molecule has 3 aromatic rings. The van der Waals surface area contributed by atoms with E-state index < -0.39 is 12.7 Å². The van der Waals surface area contributed by atoms with Gasteiger partial charge in [-0.2, -0.15) is 0 Å². The largest absolute Gasteiger partial charge is 0.220 e. The first-order valence-electron chi connectivity index (χ1n) is 12.8. The summed E-state index contributed by atoms with van der Waals surface area (Å²) >= 11 is 0. The van der Waals surface area contributed by atoms with Crippen molar-refractivity contribution in [3.63, 3.8) is 0 Å². The van der Waals surface area contributed by atoms with E-state index in [1.165, 1.54) is 12.5 Å². The van der Waals surface area contributed by atoms with Crippen molar-refractivity contribution in [3.05, 3.63) is 64.8 Å². The van der Waals surface area contributed by atoms with Crippen molar-refractivity contribution in [2.75, 3.05) is 0 Å². The fraction of sp³-hybridized carbons (Fsp3) is 0.423.